The highest BCUT2D eigenvalue weighted by molar-refractivity contribution is 6.36. The maximum Gasteiger partial charge on any atom is 0.256 e. The van der Waals surface area contributed by atoms with E-state index >= 15 is 0 Å². The smallest absolute Gasteiger partial charge is 0.256 e. The van der Waals surface area contributed by atoms with Gasteiger partial charge in [0.05, 0.1) is 25.2 Å². The lowest BCUT2D eigenvalue weighted by Crippen LogP contribution is -2.41. The number of halogens is 2. The van der Waals surface area contributed by atoms with Gasteiger partial charge in [0.1, 0.15) is 11.0 Å². The molecule has 2 aliphatic rings. The molecule has 6 nitrogen and oxygen atoms in total. The predicted octanol–water partition coefficient (Wildman–Crippen LogP) is 4.37. The highest BCUT2D eigenvalue weighted by atomic mass is 35.5. The number of carbonyl (C=O) groups excluding carboxylic acids is 2. The summed E-state index contributed by atoms with van der Waals surface area (Å²) in [6.45, 7) is 2.14. The largest absolute Gasteiger partial charge is 0.378 e. The van der Waals surface area contributed by atoms with Gasteiger partial charge in [0.2, 0.25) is 5.91 Å². The highest BCUT2D eigenvalue weighted by Crippen LogP contribution is 2.41. The van der Waals surface area contributed by atoms with Crippen molar-refractivity contribution < 1.29 is 18.7 Å². The Labute approximate surface area is 195 Å². The third kappa shape index (κ3) is 4.17. The Morgan fingerprint density at radius 2 is 1.88 bits per heavy atom. The average Bonchev–Trinajstić information content (AvgIpc) is 3.33. The molecule has 0 spiro atoms. The van der Waals surface area contributed by atoms with Crippen LogP contribution in [0.2, 0.25) is 5.15 Å². The third-order valence-electron chi connectivity index (χ3n) is 5.89. The maximum atomic E-state index is 14.6. The molecule has 0 bridgehead atoms. The van der Waals surface area contributed by atoms with Gasteiger partial charge in [-0.3, -0.25) is 9.59 Å². The average molecular weight is 466 g/mol. The monoisotopic (exact) mass is 465 g/mol. The Balaban J connectivity index is 1.54. The molecule has 0 unspecified atom stereocenters. The molecule has 2 N–H and O–H groups in total. The zero-order valence-corrected chi connectivity index (χ0v) is 18.4. The van der Waals surface area contributed by atoms with Gasteiger partial charge in [-0.2, -0.15) is 0 Å². The summed E-state index contributed by atoms with van der Waals surface area (Å²) in [4.78, 5) is 30.5. The molecule has 3 heterocycles. The number of hydrogen-bond donors (Lipinski definition) is 2. The topological polar surface area (TPSA) is 74.4 Å². The van der Waals surface area contributed by atoms with Crippen LogP contribution in [0, 0.1) is 5.82 Å². The van der Waals surface area contributed by atoms with E-state index in [0.717, 1.165) is 0 Å². The molecule has 2 amide bonds. The number of nitrogens with zero attached hydrogens (tertiary/aromatic N) is 1. The van der Waals surface area contributed by atoms with Crippen LogP contribution in [0.25, 0.3) is 22.8 Å². The van der Waals surface area contributed by atoms with E-state index in [2.05, 4.69) is 10.3 Å². The van der Waals surface area contributed by atoms with Crippen molar-refractivity contribution in [1.29, 1.82) is 0 Å². The lowest BCUT2D eigenvalue weighted by molar-refractivity contribution is -0.134. The molecule has 33 heavy (non-hydrogen) atoms. The molecule has 5 rings (SSSR count). The van der Waals surface area contributed by atoms with Gasteiger partial charge in [0.25, 0.3) is 5.91 Å². The van der Waals surface area contributed by atoms with Gasteiger partial charge in [0.15, 0.2) is 0 Å². The van der Waals surface area contributed by atoms with Crippen molar-refractivity contribution in [2.24, 2.45) is 0 Å². The minimum Gasteiger partial charge on any atom is -0.378 e. The van der Waals surface area contributed by atoms with Crippen LogP contribution in [0.5, 0.6) is 0 Å². The first-order chi connectivity index (χ1) is 16.0. The number of anilines is 1. The number of amides is 2. The SMILES string of the molecule is O=C1Nc2cccc(-c3ccccc3F)c2/C1=C/c1[nH]c(Cl)cc1CC(=O)N1CCOCC1. The summed E-state index contributed by atoms with van der Waals surface area (Å²) < 4.78 is 19.9. The molecule has 1 saturated heterocycles. The van der Waals surface area contributed by atoms with Gasteiger partial charge in [-0.1, -0.05) is 41.9 Å². The van der Waals surface area contributed by atoms with Crippen LogP contribution in [0.4, 0.5) is 10.1 Å². The van der Waals surface area contributed by atoms with Gasteiger partial charge in [-0.15, -0.1) is 0 Å². The van der Waals surface area contributed by atoms with E-state index in [0.29, 0.717) is 70.7 Å². The van der Waals surface area contributed by atoms with E-state index in [4.69, 9.17) is 16.3 Å². The van der Waals surface area contributed by atoms with Crippen molar-refractivity contribution in [3.8, 4) is 11.1 Å². The van der Waals surface area contributed by atoms with E-state index in [9.17, 15) is 14.0 Å². The molecule has 1 fully saturated rings. The number of nitrogens with one attached hydrogen (secondary N) is 2. The van der Waals surface area contributed by atoms with E-state index in [1.807, 2.05) is 0 Å². The first kappa shape index (κ1) is 21.4. The fraction of sp³-hybridized carbons (Fsp3) is 0.200. The molecule has 0 saturated carbocycles. The first-order valence-corrected chi connectivity index (χ1v) is 11.0. The second-order valence-electron chi connectivity index (χ2n) is 7.95. The minimum atomic E-state index is -0.371. The maximum absolute atomic E-state index is 14.6. The molecular formula is C25H21ClFN3O3. The normalized spacial score (nSPS) is 16.7. The zero-order chi connectivity index (χ0) is 22.9. The molecule has 0 atom stereocenters. The number of rotatable bonds is 4. The van der Waals surface area contributed by atoms with E-state index in [1.54, 1.807) is 53.4 Å². The number of aromatic nitrogens is 1. The van der Waals surface area contributed by atoms with Crippen LogP contribution < -0.4 is 5.32 Å². The molecule has 0 radical (unpaired) electrons. The van der Waals surface area contributed by atoms with Crippen molar-refractivity contribution in [1.82, 2.24) is 9.88 Å². The third-order valence-corrected chi connectivity index (χ3v) is 6.09. The van der Waals surface area contributed by atoms with Crippen molar-refractivity contribution in [2.45, 2.75) is 6.42 Å². The van der Waals surface area contributed by atoms with Crippen molar-refractivity contribution in [2.75, 3.05) is 31.6 Å². The standard InChI is InChI=1S/C25H21ClFN3O3/c26-22-12-15(13-23(31)30-8-10-33-11-9-30)21(28-22)14-18-24-17(16-4-1-2-6-19(16)27)5-3-7-20(24)29-25(18)32/h1-7,12,14,28H,8-11,13H2,(H,29,32)/b18-14-. The van der Waals surface area contributed by atoms with Crippen LogP contribution in [-0.2, 0) is 20.7 Å². The highest BCUT2D eigenvalue weighted by Gasteiger charge is 2.29. The second kappa shape index (κ2) is 8.84. The number of morpholine rings is 1. The number of H-pyrrole nitrogens is 1. The second-order valence-corrected chi connectivity index (χ2v) is 8.35. The van der Waals surface area contributed by atoms with Crippen molar-refractivity contribution >= 4 is 40.8 Å². The summed E-state index contributed by atoms with van der Waals surface area (Å²) in [7, 11) is 0. The molecule has 1 aromatic heterocycles. The number of hydrogen-bond acceptors (Lipinski definition) is 3. The van der Waals surface area contributed by atoms with E-state index in [-0.39, 0.29) is 24.1 Å². The minimum absolute atomic E-state index is 0.0306. The zero-order valence-electron chi connectivity index (χ0n) is 17.7. The number of aromatic amines is 1. The van der Waals surface area contributed by atoms with Gasteiger partial charge < -0.3 is 19.9 Å². The summed E-state index contributed by atoms with van der Waals surface area (Å²) in [6.07, 6.45) is 1.82. The number of benzene rings is 2. The summed E-state index contributed by atoms with van der Waals surface area (Å²) in [5.74, 6) is -0.703. The van der Waals surface area contributed by atoms with Crippen LogP contribution in [-0.4, -0.2) is 48.0 Å². The number of carbonyl (C=O) groups is 2. The van der Waals surface area contributed by atoms with Crippen molar-refractivity contribution in [3.05, 3.63) is 76.3 Å². The Bertz CT molecular complexity index is 1280. The molecule has 8 heteroatoms. The van der Waals surface area contributed by atoms with Crippen LogP contribution in [0.1, 0.15) is 16.8 Å². The fourth-order valence-corrected chi connectivity index (χ4v) is 4.51. The van der Waals surface area contributed by atoms with Crippen molar-refractivity contribution in [3.63, 3.8) is 0 Å². The molecule has 2 aromatic carbocycles. The lowest BCUT2D eigenvalue weighted by atomic mass is 9.93. The van der Waals surface area contributed by atoms with E-state index < -0.39 is 0 Å². The van der Waals surface area contributed by atoms with E-state index in [1.165, 1.54) is 6.07 Å². The molecule has 168 valence electrons. The van der Waals surface area contributed by atoms with Gasteiger partial charge in [-0.25, -0.2) is 4.39 Å². The summed E-state index contributed by atoms with van der Waals surface area (Å²) in [6, 6.07) is 13.5. The Kier molecular flexibility index (Phi) is 5.74. The lowest BCUT2D eigenvalue weighted by Gasteiger charge is -2.26. The van der Waals surface area contributed by atoms with Crippen LogP contribution in [0.3, 0.4) is 0 Å². The Morgan fingerprint density at radius 3 is 2.67 bits per heavy atom. The molecule has 3 aromatic rings. The Morgan fingerprint density at radius 1 is 1.12 bits per heavy atom. The first-order valence-electron chi connectivity index (χ1n) is 10.7. The number of fused-ring (bicyclic) bond motifs is 1. The number of ether oxygens (including phenoxy) is 1. The summed E-state index contributed by atoms with van der Waals surface area (Å²) in [5, 5.41) is 3.22. The van der Waals surface area contributed by atoms with Gasteiger partial charge in [-0.05, 0) is 35.4 Å². The van der Waals surface area contributed by atoms with Gasteiger partial charge >= 0.3 is 0 Å². The predicted molar refractivity (Wildman–Crippen MR) is 125 cm³/mol. The molecule has 0 aliphatic carbocycles. The van der Waals surface area contributed by atoms with Gasteiger partial charge in [0, 0.05) is 35.6 Å². The summed E-state index contributed by atoms with van der Waals surface area (Å²) >= 11 is 6.22. The van der Waals surface area contributed by atoms with Crippen LogP contribution >= 0.6 is 11.6 Å². The summed E-state index contributed by atoms with van der Waals surface area (Å²) in [5.41, 5.74) is 3.88. The van der Waals surface area contributed by atoms with Crippen LogP contribution in [0.15, 0.2) is 48.5 Å². The Hall–Kier alpha value is -3.42. The quantitative estimate of drug-likeness (QED) is 0.562. The molecular weight excluding hydrogens is 445 g/mol. The fourth-order valence-electron chi connectivity index (χ4n) is 4.27. The molecule has 2 aliphatic heterocycles.